The molecule has 1 aliphatic heterocycles. The molecule has 13 nitrogen and oxygen atoms in total. The number of halogens is 1. The van der Waals surface area contributed by atoms with Gasteiger partial charge >= 0.3 is 0 Å². The number of thiazole rings is 1. The Morgan fingerprint density at radius 1 is 1.18 bits per heavy atom. The summed E-state index contributed by atoms with van der Waals surface area (Å²) < 4.78 is 62.4. The molecule has 1 saturated heterocycles. The first-order chi connectivity index (χ1) is 17.7. The van der Waals surface area contributed by atoms with Gasteiger partial charge in [0, 0.05) is 17.6 Å². The molecule has 0 atom stereocenters. The van der Waals surface area contributed by atoms with Crippen molar-refractivity contribution in [1.82, 2.24) is 4.98 Å². The van der Waals surface area contributed by atoms with E-state index in [0.29, 0.717) is 39.4 Å². The van der Waals surface area contributed by atoms with Gasteiger partial charge in [-0.25, -0.2) is 13.4 Å². The highest BCUT2D eigenvalue weighted by Gasteiger charge is 2.31. The summed E-state index contributed by atoms with van der Waals surface area (Å²) in [5, 5.41) is 10.2. The van der Waals surface area contributed by atoms with E-state index in [4.69, 9.17) is 21.7 Å². The first-order valence-electron chi connectivity index (χ1n) is 10.4. The molecule has 0 radical (unpaired) electrons. The Bertz CT molecular complexity index is 1630. The van der Waals surface area contributed by atoms with E-state index in [1.807, 2.05) is 0 Å². The Morgan fingerprint density at radius 3 is 2.39 bits per heavy atom. The van der Waals surface area contributed by atoms with Crippen LogP contribution in [0.1, 0.15) is 19.3 Å². The number of anilines is 3. The molecule has 0 saturated carbocycles. The zero-order valence-electron chi connectivity index (χ0n) is 19.2. The SMILES string of the molecule is CS(=O)(=O)c1nc(NC(=O)c2ccc(Cl)s2)c(C(=O)N(CS(=O)(=O)O)c2ccc(N3CCOC3=N)cc2)s1. The van der Waals surface area contributed by atoms with Crippen LogP contribution in [0.5, 0.6) is 0 Å². The molecule has 202 valence electrons. The molecular formula is C20H18ClN5O8S4. The second kappa shape index (κ2) is 10.6. The number of rotatable bonds is 8. The second-order valence-electron chi connectivity index (χ2n) is 7.75. The smallest absolute Gasteiger partial charge is 0.289 e. The summed E-state index contributed by atoms with van der Waals surface area (Å²) >= 11 is 7.24. The largest absolute Gasteiger partial charge is 0.463 e. The average molecular weight is 620 g/mol. The van der Waals surface area contributed by atoms with Gasteiger partial charge in [-0.3, -0.25) is 29.4 Å². The van der Waals surface area contributed by atoms with Crippen LogP contribution >= 0.6 is 34.3 Å². The Kier molecular flexibility index (Phi) is 7.78. The molecule has 1 aliphatic rings. The first-order valence-corrected chi connectivity index (χ1v) is 15.9. The van der Waals surface area contributed by atoms with Crippen LogP contribution in [0.3, 0.4) is 0 Å². The van der Waals surface area contributed by atoms with Gasteiger partial charge in [0.05, 0.1) is 15.8 Å². The standard InChI is InChI=1S/C20H18ClN5O8S4/c1-37(29,30)20-24-16(23-17(27)13-6-7-14(21)35-13)15(36-20)18(28)26(10-38(31,32)33)12-4-2-11(3-5-12)25-8-9-34-19(25)22/h2-7,22H,8-10H2,1H3,(H,23,27)(H,31,32,33). The Balaban J connectivity index is 1.73. The fourth-order valence-corrected chi connectivity index (χ4v) is 6.65. The lowest BCUT2D eigenvalue weighted by Gasteiger charge is -2.22. The summed E-state index contributed by atoms with van der Waals surface area (Å²) in [7, 11) is -8.67. The van der Waals surface area contributed by atoms with Crippen LogP contribution in [0.2, 0.25) is 4.34 Å². The number of ether oxygens (including phenoxy) is 1. The number of carbonyl (C=O) groups is 2. The quantitative estimate of drug-likeness (QED) is 0.316. The monoisotopic (exact) mass is 619 g/mol. The summed E-state index contributed by atoms with van der Waals surface area (Å²) in [4.78, 5) is 32.2. The summed E-state index contributed by atoms with van der Waals surface area (Å²) in [6.07, 6.45) is 0.860. The molecular weight excluding hydrogens is 602 g/mol. The Hall–Kier alpha value is -3.09. The summed E-state index contributed by atoms with van der Waals surface area (Å²) in [5.74, 6) is -3.34. The highest BCUT2D eigenvalue weighted by molar-refractivity contribution is 7.92. The van der Waals surface area contributed by atoms with Crippen LogP contribution in [-0.2, 0) is 24.7 Å². The van der Waals surface area contributed by atoms with Gasteiger partial charge in [-0.2, -0.15) is 8.42 Å². The van der Waals surface area contributed by atoms with Gasteiger partial charge in [-0.1, -0.05) is 22.9 Å². The Labute approximate surface area is 229 Å². The minimum absolute atomic E-state index is 0.0274. The number of sulfone groups is 1. The van der Waals surface area contributed by atoms with Crippen LogP contribution in [0, 0.1) is 5.41 Å². The van der Waals surface area contributed by atoms with Crippen molar-refractivity contribution in [2.75, 3.05) is 40.4 Å². The van der Waals surface area contributed by atoms with Crippen LogP contribution in [0.25, 0.3) is 0 Å². The first kappa shape index (κ1) is 27.9. The molecule has 3 heterocycles. The van der Waals surface area contributed by atoms with Gasteiger partial charge in [0.25, 0.3) is 28.0 Å². The van der Waals surface area contributed by atoms with Crippen molar-refractivity contribution in [3.63, 3.8) is 0 Å². The van der Waals surface area contributed by atoms with E-state index in [1.54, 1.807) is 4.90 Å². The number of benzene rings is 1. The van der Waals surface area contributed by atoms with Crippen LogP contribution in [0.4, 0.5) is 17.2 Å². The van der Waals surface area contributed by atoms with Gasteiger partial charge in [0.15, 0.2) is 11.7 Å². The van der Waals surface area contributed by atoms with E-state index in [-0.39, 0.29) is 21.5 Å². The summed E-state index contributed by atoms with van der Waals surface area (Å²) in [6.45, 7) is 0.730. The fraction of sp³-hybridized carbons (Fsp3) is 0.200. The number of nitrogens with zero attached hydrogens (tertiary/aromatic N) is 3. The number of aromatic nitrogens is 1. The van der Waals surface area contributed by atoms with Crippen molar-refractivity contribution in [3.8, 4) is 0 Å². The third kappa shape index (κ3) is 6.30. The molecule has 38 heavy (non-hydrogen) atoms. The normalized spacial score (nSPS) is 13.9. The number of hydrogen-bond donors (Lipinski definition) is 3. The van der Waals surface area contributed by atoms with Crippen LogP contribution < -0.4 is 15.1 Å². The molecule has 3 aromatic rings. The molecule has 0 unspecified atom stereocenters. The van der Waals surface area contributed by atoms with Crippen LogP contribution in [-0.4, -0.2) is 69.5 Å². The molecule has 18 heteroatoms. The lowest BCUT2D eigenvalue weighted by atomic mass is 10.2. The predicted octanol–water partition coefficient (Wildman–Crippen LogP) is 2.78. The minimum atomic E-state index is -4.75. The van der Waals surface area contributed by atoms with Crippen LogP contribution in [0.15, 0.2) is 40.7 Å². The van der Waals surface area contributed by atoms with Crippen molar-refractivity contribution in [1.29, 1.82) is 5.41 Å². The molecule has 0 aliphatic carbocycles. The maximum Gasteiger partial charge on any atom is 0.289 e. The van der Waals surface area contributed by atoms with Crippen molar-refractivity contribution in [2.45, 2.75) is 4.34 Å². The van der Waals surface area contributed by atoms with Crippen molar-refractivity contribution < 1.29 is 35.7 Å². The molecule has 0 bridgehead atoms. The number of nitrogens with one attached hydrogen (secondary N) is 2. The van der Waals surface area contributed by atoms with Crippen molar-refractivity contribution in [2.24, 2.45) is 0 Å². The molecule has 1 aromatic carbocycles. The van der Waals surface area contributed by atoms with E-state index >= 15 is 0 Å². The molecule has 1 fully saturated rings. The number of carbonyl (C=O) groups excluding carboxylic acids is 2. The van der Waals surface area contributed by atoms with E-state index in [1.165, 1.54) is 36.4 Å². The zero-order chi connectivity index (χ0) is 27.8. The highest BCUT2D eigenvalue weighted by atomic mass is 35.5. The molecule has 4 rings (SSSR count). The molecule has 3 N–H and O–H groups in total. The third-order valence-electron chi connectivity index (χ3n) is 4.96. The number of amidine groups is 1. The van der Waals surface area contributed by atoms with E-state index < -0.39 is 47.8 Å². The maximum absolute atomic E-state index is 13.6. The number of amides is 2. The van der Waals surface area contributed by atoms with Gasteiger partial charge < -0.3 is 10.1 Å². The Morgan fingerprint density at radius 2 is 1.87 bits per heavy atom. The summed E-state index contributed by atoms with van der Waals surface area (Å²) in [5.41, 5.74) is 0.565. The molecule has 2 amide bonds. The van der Waals surface area contributed by atoms with Crippen molar-refractivity contribution >= 4 is 89.3 Å². The minimum Gasteiger partial charge on any atom is -0.463 e. The average Bonchev–Trinajstić information content (AvgIpc) is 3.56. The topological polar surface area (TPSA) is 187 Å². The number of thiophene rings is 1. The third-order valence-corrected chi connectivity index (χ3v) is 9.49. The van der Waals surface area contributed by atoms with E-state index in [9.17, 15) is 31.0 Å². The predicted molar refractivity (Wildman–Crippen MR) is 143 cm³/mol. The van der Waals surface area contributed by atoms with Gasteiger partial charge in [-0.15, -0.1) is 11.3 Å². The number of hydrogen-bond acceptors (Lipinski definition) is 11. The fourth-order valence-electron chi connectivity index (χ4n) is 3.30. The molecule has 2 aromatic heterocycles. The lowest BCUT2D eigenvalue weighted by Crippen LogP contribution is -2.35. The lowest BCUT2D eigenvalue weighted by molar-refractivity contribution is 0.0994. The molecule has 0 spiro atoms. The highest BCUT2D eigenvalue weighted by Crippen LogP contribution is 2.32. The van der Waals surface area contributed by atoms with Crippen molar-refractivity contribution in [3.05, 3.63) is 50.5 Å². The maximum atomic E-state index is 13.6. The van der Waals surface area contributed by atoms with Gasteiger partial charge in [0.2, 0.25) is 14.2 Å². The van der Waals surface area contributed by atoms with Gasteiger partial charge in [-0.05, 0) is 36.4 Å². The second-order valence-corrected chi connectivity index (χ2v) is 14.1. The zero-order valence-corrected chi connectivity index (χ0v) is 23.3. The summed E-state index contributed by atoms with van der Waals surface area (Å²) in [6, 6.07) is 8.62. The van der Waals surface area contributed by atoms with Gasteiger partial charge in [0.1, 0.15) is 11.5 Å². The van der Waals surface area contributed by atoms with E-state index in [0.717, 1.165) is 17.6 Å². The van der Waals surface area contributed by atoms with E-state index in [2.05, 4.69) is 10.3 Å².